The molecule has 1 aliphatic carbocycles. The van der Waals surface area contributed by atoms with Gasteiger partial charge in [0.15, 0.2) is 5.11 Å². The van der Waals surface area contributed by atoms with E-state index in [4.69, 9.17) is 29.0 Å². The summed E-state index contributed by atoms with van der Waals surface area (Å²) in [6.45, 7) is 2.16. The number of nitrogens with two attached hydrogens (primary N) is 1. The van der Waals surface area contributed by atoms with Crippen LogP contribution < -0.4 is 21.3 Å². The number of benzene rings is 1. The molecule has 1 aromatic rings. The van der Waals surface area contributed by atoms with Crippen LogP contribution in [-0.2, 0) is 10.0 Å². The number of primary sulfonamides is 1. The topological polar surface area (TPSA) is 113 Å². The number of rotatable bonds is 3. The van der Waals surface area contributed by atoms with Crippen LogP contribution in [0.25, 0.3) is 0 Å². The maximum absolute atomic E-state index is 12.2. The summed E-state index contributed by atoms with van der Waals surface area (Å²) in [6, 6.07) is 3.92. The van der Waals surface area contributed by atoms with Gasteiger partial charge in [-0.2, -0.15) is 0 Å². The molecule has 2 atom stereocenters. The maximum Gasteiger partial charge on any atom is 0.271 e. The summed E-state index contributed by atoms with van der Waals surface area (Å²) in [6.07, 6.45) is 4.53. The Balaban J connectivity index is 1.97. The second-order valence-corrected chi connectivity index (χ2v) is 8.48. The average molecular weight is 405 g/mol. The zero-order valence-corrected chi connectivity index (χ0v) is 16.1. The number of carbonyl (C=O) groups excluding carboxylic acids is 1. The van der Waals surface area contributed by atoms with Gasteiger partial charge in [-0.25, -0.2) is 13.6 Å². The molecule has 1 amide bonds. The van der Waals surface area contributed by atoms with Crippen LogP contribution in [0.4, 0.5) is 0 Å². The van der Waals surface area contributed by atoms with Crippen molar-refractivity contribution < 1.29 is 13.2 Å². The van der Waals surface area contributed by atoms with Crippen molar-refractivity contribution >= 4 is 44.9 Å². The number of amides is 1. The third kappa shape index (κ3) is 5.53. The minimum absolute atomic E-state index is 0.0190. The lowest BCUT2D eigenvalue weighted by Crippen LogP contribution is -2.51. The minimum atomic E-state index is -3.93. The maximum atomic E-state index is 12.2. The standard InChI is InChI=1S/C15H21ClN4O3S2/c1-9-4-2-3-5-13(9)18-15(24)20-19-14(21)11-8-10(25(17,22)23)6-7-12(11)16/h6-9,13H,2-5H2,1H3,(H,19,21)(H2,17,22,23)(H2,18,20,24). The van der Waals surface area contributed by atoms with Crippen molar-refractivity contribution in [1.82, 2.24) is 16.2 Å². The van der Waals surface area contributed by atoms with Gasteiger partial charge in [-0.1, -0.05) is 31.4 Å². The number of carbonyl (C=O) groups is 1. The average Bonchev–Trinajstić information content (AvgIpc) is 2.54. The molecule has 1 aliphatic rings. The fraction of sp³-hybridized carbons (Fsp3) is 0.467. The molecule has 2 unspecified atom stereocenters. The lowest BCUT2D eigenvalue weighted by molar-refractivity contribution is 0.0943. The Morgan fingerprint density at radius 1 is 1.28 bits per heavy atom. The van der Waals surface area contributed by atoms with E-state index in [1.807, 2.05) is 0 Å². The van der Waals surface area contributed by atoms with E-state index in [2.05, 4.69) is 23.1 Å². The first-order valence-electron chi connectivity index (χ1n) is 7.87. The Kier molecular flexibility index (Phi) is 6.61. The SMILES string of the molecule is CC1CCCCC1NC(=S)NNC(=O)c1cc(S(N)(=O)=O)ccc1Cl. The van der Waals surface area contributed by atoms with Crippen LogP contribution in [0.5, 0.6) is 0 Å². The molecule has 10 heteroatoms. The van der Waals surface area contributed by atoms with E-state index < -0.39 is 15.9 Å². The molecular formula is C15H21ClN4O3S2. The van der Waals surface area contributed by atoms with E-state index in [0.717, 1.165) is 25.3 Å². The monoisotopic (exact) mass is 404 g/mol. The number of nitrogens with one attached hydrogen (secondary N) is 3. The predicted octanol–water partition coefficient (Wildman–Crippen LogP) is 1.68. The summed E-state index contributed by atoms with van der Waals surface area (Å²) in [5.74, 6) is -0.110. The predicted molar refractivity (Wildman–Crippen MR) is 101 cm³/mol. The molecule has 1 fully saturated rings. The molecular weight excluding hydrogens is 384 g/mol. The lowest BCUT2D eigenvalue weighted by Gasteiger charge is -2.30. The van der Waals surface area contributed by atoms with E-state index in [1.54, 1.807) is 0 Å². The summed E-state index contributed by atoms with van der Waals surface area (Å²) in [5, 5.41) is 8.65. The minimum Gasteiger partial charge on any atom is -0.358 e. The summed E-state index contributed by atoms with van der Waals surface area (Å²) in [5.41, 5.74) is 5.01. The van der Waals surface area contributed by atoms with Gasteiger partial charge >= 0.3 is 0 Å². The zero-order chi connectivity index (χ0) is 18.6. The van der Waals surface area contributed by atoms with Crippen LogP contribution in [-0.4, -0.2) is 25.5 Å². The third-order valence-corrected chi connectivity index (χ3v) is 5.69. The zero-order valence-electron chi connectivity index (χ0n) is 13.7. The molecule has 1 saturated carbocycles. The highest BCUT2D eigenvalue weighted by atomic mass is 35.5. The van der Waals surface area contributed by atoms with Gasteiger partial charge in [0, 0.05) is 6.04 Å². The number of thiocarbonyl (C=S) groups is 1. The van der Waals surface area contributed by atoms with Gasteiger partial charge in [0.1, 0.15) is 0 Å². The van der Waals surface area contributed by atoms with E-state index in [1.165, 1.54) is 18.6 Å². The molecule has 0 spiro atoms. The molecule has 0 radical (unpaired) electrons. The Labute approximate surface area is 157 Å². The third-order valence-electron chi connectivity index (χ3n) is 4.23. The highest BCUT2D eigenvalue weighted by Crippen LogP contribution is 2.23. The largest absolute Gasteiger partial charge is 0.358 e. The Bertz CT molecular complexity index is 770. The summed E-state index contributed by atoms with van der Waals surface area (Å²) >= 11 is 11.1. The van der Waals surface area contributed by atoms with Gasteiger partial charge in [0.2, 0.25) is 10.0 Å². The fourth-order valence-electron chi connectivity index (χ4n) is 2.77. The van der Waals surface area contributed by atoms with Gasteiger partial charge in [0.05, 0.1) is 15.5 Å². The van der Waals surface area contributed by atoms with E-state index in [-0.39, 0.29) is 21.5 Å². The van der Waals surface area contributed by atoms with Crippen molar-refractivity contribution in [3.8, 4) is 0 Å². The highest BCUT2D eigenvalue weighted by Gasteiger charge is 2.22. The van der Waals surface area contributed by atoms with Crippen LogP contribution in [0.15, 0.2) is 23.1 Å². The molecule has 1 aromatic carbocycles. The van der Waals surface area contributed by atoms with E-state index >= 15 is 0 Å². The number of hydrogen-bond acceptors (Lipinski definition) is 4. The normalized spacial score (nSPS) is 20.6. The molecule has 7 nitrogen and oxygen atoms in total. The molecule has 2 rings (SSSR count). The van der Waals surface area contributed by atoms with Crippen LogP contribution in [0, 0.1) is 5.92 Å². The van der Waals surface area contributed by atoms with Crippen molar-refractivity contribution in [1.29, 1.82) is 0 Å². The number of halogens is 1. The summed E-state index contributed by atoms with van der Waals surface area (Å²) in [7, 11) is -3.93. The van der Waals surface area contributed by atoms with Crippen molar-refractivity contribution in [2.24, 2.45) is 11.1 Å². The molecule has 0 heterocycles. The van der Waals surface area contributed by atoms with Crippen molar-refractivity contribution in [2.45, 2.75) is 43.5 Å². The molecule has 0 bridgehead atoms. The second-order valence-electron chi connectivity index (χ2n) is 6.11. The first-order valence-corrected chi connectivity index (χ1v) is 10.2. The smallest absolute Gasteiger partial charge is 0.271 e. The van der Waals surface area contributed by atoms with Crippen LogP contribution >= 0.6 is 23.8 Å². The molecule has 0 aromatic heterocycles. The van der Waals surface area contributed by atoms with Crippen LogP contribution in [0.3, 0.4) is 0 Å². The lowest BCUT2D eigenvalue weighted by atomic mass is 9.86. The van der Waals surface area contributed by atoms with Crippen molar-refractivity contribution in [2.75, 3.05) is 0 Å². The van der Waals surface area contributed by atoms with Crippen molar-refractivity contribution in [3.63, 3.8) is 0 Å². The number of sulfonamides is 1. The van der Waals surface area contributed by atoms with Crippen LogP contribution in [0.1, 0.15) is 43.0 Å². The second kappa shape index (κ2) is 8.31. The van der Waals surface area contributed by atoms with Gasteiger partial charge in [-0.15, -0.1) is 0 Å². The molecule has 0 saturated heterocycles. The van der Waals surface area contributed by atoms with Gasteiger partial charge < -0.3 is 5.32 Å². The summed E-state index contributed by atoms with van der Waals surface area (Å²) in [4.78, 5) is 12.0. The molecule has 25 heavy (non-hydrogen) atoms. The van der Waals surface area contributed by atoms with Gasteiger partial charge in [-0.05, 0) is 49.2 Å². The van der Waals surface area contributed by atoms with Crippen LogP contribution in [0.2, 0.25) is 5.02 Å². The Morgan fingerprint density at radius 2 is 1.96 bits per heavy atom. The van der Waals surface area contributed by atoms with Crippen molar-refractivity contribution in [3.05, 3.63) is 28.8 Å². The number of hydrogen-bond donors (Lipinski definition) is 4. The fourth-order valence-corrected chi connectivity index (χ4v) is 3.72. The number of hydrazine groups is 1. The summed E-state index contributed by atoms with van der Waals surface area (Å²) < 4.78 is 22.8. The Hall–Kier alpha value is -1.42. The first-order chi connectivity index (χ1) is 11.7. The Morgan fingerprint density at radius 3 is 2.60 bits per heavy atom. The highest BCUT2D eigenvalue weighted by molar-refractivity contribution is 7.89. The molecule has 138 valence electrons. The molecule has 5 N–H and O–H groups in total. The van der Waals surface area contributed by atoms with E-state index in [9.17, 15) is 13.2 Å². The first kappa shape index (κ1) is 19.9. The van der Waals surface area contributed by atoms with Gasteiger partial charge in [0.25, 0.3) is 5.91 Å². The van der Waals surface area contributed by atoms with Gasteiger partial charge in [-0.3, -0.25) is 15.6 Å². The van der Waals surface area contributed by atoms with E-state index in [0.29, 0.717) is 11.0 Å². The molecule has 0 aliphatic heterocycles. The quantitative estimate of drug-likeness (QED) is 0.450.